The molecule has 0 amide bonds. The fraction of sp³-hybridized carbons (Fsp3) is 0.538. The molecule has 6 heteroatoms. The molecule has 4 N–H and O–H groups in total. The monoisotopic (exact) mass is 270 g/mol. The van der Waals surface area contributed by atoms with Gasteiger partial charge in [0.25, 0.3) is 0 Å². The highest BCUT2D eigenvalue weighted by atomic mass is 16.7. The Hall–Kier alpha value is -1.18. The fourth-order valence-electron chi connectivity index (χ4n) is 1.98. The molecule has 6 nitrogen and oxygen atoms in total. The number of benzene rings is 1. The van der Waals surface area contributed by atoms with Crippen molar-refractivity contribution in [1.82, 2.24) is 0 Å². The van der Waals surface area contributed by atoms with Crippen LogP contribution in [0.4, 0.5) is 0 Å². The normalized spacial score (nSPS) is 35.1. The van der Waals surface area contributed by atoms with Crippen molar-refractivity contribution < 1.29 is 29.9 Å². The van der Waals surface area contributed by atoms with Crippen LogP contribution in [0.3, 0.4) is 0 Å². The SMILES string of the molecule is Cc1ccccc1O[C@@H]1O[C@H](CO)[C@H](O)[C@@H](O)[C@@H]1O. The molecular formula is C13H18O6. The minimum absolute atomic E-state index is 0.474. The summed E-state index contributed by atoms with van der Waals surface area (Å²) in [5.74, 6) is 0.506. The zero-order valence-electron chi connectivity index (χ0n) is 10.5. The van der Waals surface area contributed by atoms with E-state index in [1.807, 2.05) is 19.1 Å². The highest BCUT2D eigenvalue weighted by Crippen LogP contribution is 2.25. The van der Waals surface area contributed by atoms with Gasteiger partial charge in [-0.25, -0.2) is 0 Å². The maximum absolute atomic E-state index is 9.83. The molecule has 1 aromatic carbocycles. The van der Waals surface area contributed by atoms with E-state index in [1.165, 1.54) is 0 Å². The Morgan fingerprint density at radius 2 is 1.79 bits per heavy atom. The fourth-order valence-corrected chi connectivity index (χ4v) is 1.98. The summed E-state index contributed by atoms with van der Waals surface area (Å²) >= 11 is 0. The van der Waals surface area contributed by atoms with E-state index in [-0.39, 0.29) is 0 Å². The van der Waals surface area contributed by atoms with Crippen LogP contribution >= 0.6 is 0 Å². The van der Waals surface area contributed by atoms with Crippen molar-refractivity contribution in [3.05, 3.63) is 29.8 Å². The van der Waals surface area contributed by atoms with Crippen molar-refractivity contribution in [3.63, 3.8) is 0 Å². The lowest BCUT2D eigenvalue weighted by molar-refractivity contribution is -0.277. The molecule has 1 saturated heterocycles. The molecule has 1 fully saturated rings. The lowest BCUT2D eigenvalue weighted by atomic mass is 9.99. The highest BCUT2D eigenvalue weighted by molar-refractivity contribution is 5.31. The van der Waals surface area contributed by atoms with Gasteiger partial charge in [-0.15, -0.1) is 0 Å². The minimum atomic E-state index is -1.43. The van der Waals surface area contributed by atoms with E-state index in [0.717, 1.165) is 5.56 Å². The summed E-state index contributed by atoms with van der Waals surface area (Å²) in [6, 6.07) is 7.15. The number of para-hydroxylation sites is 1. The second-order valence-corrected chi connectivity index (χ2v) is 4.58. The Kier molecular flexibility index (Phi) is 4.38. The number of ether oxygens (including phenoxy) is 2. The van der Waals surface area contributed by atoms with Crippen LogP contribution in [-0.2, 0) is 4.74 Å². The van der Waals surface area contributed by atoms with E-state index in [2.05, 4.69) is 0 Å². The topological polar surface area (TPSA) is 99.4 Å². The van der Waals surface area contributed by atoms with Gasteiger partial charge >= 0.3 is 0 Å². The van der Waals surface area contributed by atoms with Crippen molar-refractivity contribution in [2.24, 2.45) is 0 Å². The first kappa shape index (κ1) is 14.2. The first-order chi connectivity index (χ1) is 9.04. The number of aliphatic hydroxyl groups is 4. The Balaban J connectivity index is 2.13. The lowest BCUT2D eigenvalue weighted by Gasteiger charge is -2.39. The van der Waals surface area contributed by atoms with E-state index in [4.69, 9.17) is 14.6 Å². The van der Waals surface area contributed by atoms with Crippen molar-refractivity contribution in [2.75, 3.05) is 6.61 Å². The van der Waals surface area contributed by atoms with Crippen LogP contribution in [0.15, 0.2) is 24.3 Å². The average Bonchev–Trinajstić information content (AvgIpc) is 2.41. The van der Waals surface area contributed by atoms with Crippen LogP contribution in [0.2, 0.25) is 0 Å². The number of aliphatic hydroxyl groups excluding tert-OH is 4. The molecule has 5 atom stereocenters. The Morgan fingerprint density at radius 1 is 1.11 bits per heavy atom. The lowest BCUT2D eigenvalue weighted by Crippen LogP contribution is -2.60. The summed E-state index contributed by atoms with van der Waals surface area (Å²) in [7, 11) is 0. The summed E-state index contributed by atoms with van der Waals surface area (Å²) < 4.78 is 10.8. The highest BCUT2D eigenvalue weighted by Gasteiger charge is 2.44. The summed E-state index contributed by atoms with van der Waals surface area (Å²) in [6.07, 6.45) is -6.31. The maximum Gasteiger partial charge on any atom is 0.229 e. The van der Waals surface area contributed by atoms with Gasteiger partial charge in [-0.05, 0) is 18.6 Å². The van der Waals surface area contributed by atoms with Crippen molar-refractivity contribution in [2.45, 2.75) is 37.6 Å². The van der Waals surface area contributed by atoms with Crippen LogP contribution in [0, 0.1) is 6.92 Å². The smallest absolute Gasteiger partial charge is 0.229 e. The van der Waals surface area contributed by atoms with Crippen molar-refractivity contribution in [3.8, 4) is 5.75 Å². The van der Waals surface area contributed by atoms with Gasteiger partial charge in [0.2, 0.25) is 6.29 Å². The van der Waals surface area contributed by atoms with E-state index in [9.17, 15) is 15.3 Å². The summed E-state index contributed by atoms with van der Waals surface area (Å²) in [4.78, 5) is 0. The van der Waals surface area contributed by atoms with E-state index >= 15 is 0 Å². The molecule has 0 aliphatic carbocycles. The number of aryl methyl sites for hydroxylation is 1. The summed E-state index contributed by atoms with van der Waals surface area (Å²) in [5, 5.41) is 38.2. The van der Waals surface area contributed by atoms with Crippen molar-refractivity contribution >= 4 is 0 Å². The Morgan fingerprint density at radius 3 is 2.42 bits per heavy atom. The Bertz CT molecular complexity index is 421. The van der Waals surface area contributed by atoms with Gasteiger partial charge in [0, 0.05) is 0 Å². The third-order valence-electron chi connectivity index (χ3n) is 3.19. The van der Waals surface area contributed by atoms with Crippen LogP contribution < -0.4 is 4.74 Å². The zero-order chi connectivity index (χ0) is 14.0. The predicted molar refractivity (Wildman–Crippen MR) is 65.6 cm³/mol. The van der Waals surface area contributed by atoms with Gasteiger partial charge < -0.3 is 29.9 Å². The molecule has 0 saturated carbocycles. The first-order valence-electron chi connectivity index (χ1n) is 6.07. The molecule has 19 heavy (non-hydrogen) atoms. The Labute approximate surface area is 110 Å². The summed E-state index contributed by atoms with van der Waals surface area (Å²) in [5.41, 5.74) is 0.847. The first-order valence-corrected chi connectivity index (χ1v) is 6.07. The van der Waals surface area contributed by atoms with E-state index in [0.29, 0.717) is 5.75 Å². The van der Waals surface area contributed by atoms with Gasteiger partial charge in [-0.2, -0.15) is 0 Å². The second-order valence-electron chi connectivity index (χ2n) is 4.58. The third-order valence-corrected chi connectivity index (χ3v) is 3.19. The second kappa shape index (κ2) is 5.85. The molecule has 0 radical (unpaired) electrons. The molecule has 1 aromatic rings. The largest absolute Gasteiger partial charge is 0.462 e. The number of hydrogen-bond donors (Lipinski definition) is 4. The van der Waals surface area contributed by atoms with Crippen molar-refractivity contribution in [1.29, 1.82) is 0 Å². The van der Waals surface area contributed by atoms with Gasteiger partial charge in [-0.3, -0.25) is 0 Å². The maximum atomic E-state index is 9.83. The zero-order valence-corrected chi connectivity index (χ0v) is 10.5. The van der Waals surface area contributed by atoms with Crippen LogP contribution in [0.1, 0.15) is 5.56 Å². The predicted octanol–water partition coefficient (Wildman–Crippen LogP) is -0.826. The molecule has 0 unspecified atom stereocenters. The van der Waals surface area contributed by atoms with E-state index in [1.54, 1.807) is 12.1 Å². The van der Waals surface area contributed by atoms with E-state index < -0.39 is 37.3 Å². The minimum Gasteiger partial charge on any atom is -0.462 e. The molecule has 0 spiro atoms. The number of hydrogen-bond acceptors (Lipinski definition) is 6. The molecule has 0 bridgehead atoms. The van der Waals surface area contributed by atoms with Crippen LogP contribution in [0.25, 0.3) is 0 Å². The van der Waals surface area contributed by atoms with Gasteiger partial charge in [0.05, 0.1) is 6.61 Å². The standard InChI is InChI=1S/C13H18O6/c1-7-4-2-3-5-8(7)18-13-12(17)11(16)10(15)9(6-14)19-13/h2-5,9-17H,6H2,1H3/t9-,10+,11-,12+,13-/m1/s1. The third kappa shape index (κ3) is 2.88. The quantitative estimate of drug-likeness (QED) is 0.572. The molecule has 1 heterocycles. The van der Waals surface area contributed by atoms with Gasteiger partial charge in [0.1, 0.15) is 30.2 Å². The van der Waals surface area contributed by atoms with Gasteiger partial charge in [0.15, 0.2) is 0 Å². The molecular weight excluding hydrogens is 252 g/mol. The molecule has 1 aliphatic rings. The van der Waals surface area contributed by atoms with Gasteiger partial charge in [-0.1, -0.05) is 18.2 Å². The molecule has 1 aliphatic heterocycles. The number of rotatable bonds is 3. The molecule has 2 rings (SSSR count). The molecule has 0 aromatic heterocycles. The average molecular weight is 270 g/mol. The molecule has 106 valence electrons. The summed E-state index contributed by atoms with van der Waals surface area (Å²) in [6.45, 7) is 1.36. The van der Waals surface area contributed by atoms with Crippen LogP contribution in [-0.4, -0.2) is 57.7 Å². The van der Waals surface area contributed by atoms with Crippen LogP contribution in [0.5, 0.6) is 5.75 Å².